The molecule has 0 spiro atoms. The molecule has 7 heteroatoms. The summed E-state index contributed by atoms with van der Waals surface area (Å²) in [6.07, 6.45) is 1.79. The van der Waals surface area contributed by atoms with E-state index in [0.717, 1.165) is 4.47 Å². The van der Waals surface area contributed by atoms with Crippen LogP contribution in [0, 0.1) is 0 Å². The van der Waals surface area contributed by atoms with Crippen LogP contribution in [0.5, 0.6) is 5.75 Å². The third-order valence-electron chi connectivity index (χ3n) is 2.56. The maximum Gasteiger partial charge on any atom is 0.262 e. The lowest BCUT2D eigenvalue weighted by molar-refractivity contribution is 0.425. The fraction of sp³-hybridized carbons (Fsp3) is 0.0833. The molecule has 2 heterocycles. The van der Waals surface area contributed by atoms with Crippen molar-refractivity contribution in [1.82, 2.24) is 19.9 Å². The largest absolute Gasteiger partial charge is 0.507 e. The molecular weight excluding hydrogens is 312 g/mol. The highest BCUT2D eigenvalue weighted by Crippen LogP contribution is 2.31. The molecule has 0 unspecified atom stereocenters. The Labute approximate surface area is 116 Å². The summed E-state index contributed by atoms with van der Waals surface area (Å²) in [6.45, 7) is 0. The standard InChI is InChI=1S/C12H9BrN4O2/c1-17-5-4-9(15-17)11-14-12(19-16-11)8-3-2-7(13)6-10(8)18/h2-6,18H,1H3. The highest BCUT2D eigenvalue weighted by molar-refractivity contribution is 9.10. The number of halogens is 1. The first kappa shape index (κ1) is 11.9. The molecule has 0 saturated carbocycles. The minimum Gasteiger partial charge on any atom is -0.507 e. The normalized spacial score (nSPS) is 10.8. The number of benzene rings is 1. The van der Waals surface area contributed by atoms with Crippen molar-refractivity contribution in [1.29, 1.82) is 0 Å². The molecule has 0 radical (unpaired) electrons. The number of rotatable bonds is 2. The second-order valence-corrected chi connectivity index (χ2v) is 4.87. The number of aromatic hydroxyl groups is 1. The Morgan fingerprint density at radius 1 is 1.32 bits per heavy atom. The zero-order valence-electron chi connectivity index (χ0n) is 9.91. The molecular formula is C12H9BrN4O2. The molecule has 2 aromatic heterocycles. The van der Waals surface area contributed by atoms with Crippen LogP contribution in [0.15, 0.2) is 39.5 Å². The first-order valence-corrected chi connectivity index (χ1v) is 6.25. The lowest BCUT2D eigenvalue weighted by atomic mass is 10.2. The molecule has 6 nitrogen and oxygen atoms in total. The van der Waals surface area contributed by atoms with Crippen molar-refractivity contribution in [3.8, 4) is 28.7 Å². The molecule has 1 N–H and O–H groups in total. The van der Waals surface area contributed by atoms with E-state index in [2.05, 4.69) is 31.2 Å². The van der Waals surface area contributed by atoms with Crippen molar-refractivity contribution in [3.63, 3.8) is 0 Å². The van der Waals surface area contributed by atoms with Crippen molar-refractivity contribution < 1.29 is 9.63 Å². The van der Waals surface area contributed by atoms with Crippen molar-refractivity contribution in [3.05, 3.63) is 34.9 Å². The van der Waals surface area contributed by atoms with Gasteiger partial charge in [0.2, 0.25) is 5.82 Å². The molecule has 3 rings (SSSR count). The van der Waals surface area contributed by atoms with E-state index in [0.29, 0.717) is 17.1 Å². The molecule has 0 amide bonds. The van der Waals surface area contributed by atoms with Gasteiger partial charge in [-0.2, -0.15) is 10.1 Å². The van der Waals surface area contributed by atoms with Crippen LogP contribution in [-0.2, 0) is 7.05 Å². The van der Waals surface area contributed by atoms with Crippen LogP contribution in [0.2, 0.25) is 0 Å². The van der Waals surface area contributed by atoms with Gasteiger partial charge in [0.1, 0.15) is 11.4 Å². The average molecular weight is 321 g/mol. The van der Waals surface area contributed by atoms with Crippen LogP contribution in [0.1, 0.15) is 0 Å². The quantitative estimate of drug-likeness (QED) is 0.785. The van der Waals surface area contributed by atoms with Gasteiger partial charge in [-0.15, -0.1) is 0 Å². The molecule has 0 saturated heterocycles. The Kier molecular flexibility index (Phi) is 2.83. The maximum absolute atomic E-state index is 9.85. The zero-order chi connectivity index (χ0) is 13.4. The minimum atomic E-state index is 0.0746. The first-order chi connectivity index (χ1) is 9.13. The summed E-state index contributed by atoms with van der Waals surface area (Å²) in [5, 5.41) is 17.9. The monoisotopic (exact) mass is 320 g/mol. The summed E-state index contributed by atoms with van der Waals surface area (Å²) >= 11 is 3.27. The summed E-state index contributed by atoms with van der Waals surface area (Å²) in [7, 11) is 1.81. The molecule has 0 aliphatic rings. The highest BCUT2D eigenvalue weighted by Gasteiger charge is 2.15. The highest BCUT2D eigenvalue weighted by atomic mass is 79.9. The smallest absolute Gasteiger partial charge is 0.262 e. The van der Waals surface area contributed by atoms with E-state index in [4.69, 9.17) is 4.52 Å². The van der Waals surface area contributed by atoms with Crippen LogP contribution in [0.25, 0.3) is 23.0 Å². The topological polar surface area (TPSA) is 77.0 Å². The molecule has 0 aliphatic heterocycles. The van der Waals surface area contributed by atoms with E-state index < -0.39 is 0 Å². The van der Waals surface area contributed by atoms with Gasteiger partial charge < -0.3 is 9.63 Å². The van der Waals surface area contributed by atoms with E-state index in [1.807, 2.05) is 7.05 Å². The summed E-state index contributed by atoms with van der Waals surface area (Å²) in [6, 6.07) is 6.85. The summed E-state index contributed by atoms with van der Waals surface area (Å²) in [4.78, 5) is 4.23. The van der Waals surface area contributed by atoms with Gasteiger partial charge >= 0.3 is 0 Å². The predicted molar refractivity (Wildman–Crippen MR) is 71.3 cm³/mol. The molecule has 0 aliphatic carbocycles. The maximum atomic E-state index is 9.85. The Morgan fingerprint density at radius 2 is 2.16 bits per heavy atom. The Bertz CT molecular complexity index is 735. The van der Waals surface area contributed by atoms with Gasteiger partial charge in [-0.05, 0) is 24.3 Å². The van der Waals surface area contributed by atoms with Gasteiger partial charge in [0, 0.05) is 17.7 Å². The van der Waals surface area contributed by atoms with Crippen LogP contribution < -0.4 is 0 Å². The number of aromatic nitrogens is 4. The molecule has 0 atom stereocenters. The van der Waals surface area contributed by atoms with Crippen molar-refractivity contribution in [2.75, 3.05) is 0 Å². The second kappa shape index (κ2) is 4.51. The Morgan fingerprint density at radius 3 is 2.84 bits per heavy atom. The summed E-state index contributed by atoms with van der Waals surface area (Å²) in [5.41, 5.74) is 1.10. The minimum absolute atomic E-state index is 0.0746. The van der Waals surface area contributed by atoms with Gasteiger partial charge in [-0.25, -0.2) is 0 Å². The number of aryl methyl sites for hydroxylation is 1. The first-order valence-electron chi connectivity index (χ1n) is 5.46. The van der Waals surface area contributed by atoms with Crippen LogP contribution >= 0.6 is 15.9 Å². The third-order valence-corrected chi connectivity index (χ3v) is 3.05. The average Bonchev–Trinajstić information content (AvgIpc) is 2.97. The van der Waals surface area contributed by atoms with Crippen molar-refractivity contribution in [2.24, 2.45) is 7.05 Å². The number of phenolic OH excluding ortho intramolecular Hbond substituents is 1. The Balaban J connectivity index is 2.01. The fourth-order valence-corrected chi connectivity index (χ4v) is 2.01. The van der Waals surface area contributed by atoms with E-state index in [-0.39, 0.29) is 11.6 Å². The van der Waals surface area contributed by atoms with Crippen LogP contribution in [0.3, 0.4) is 0 Å². The van der Waals surface area contributed by atoms with Gasteiger partial charge in [0.15, 0.2) is 0 Å². The van der Waals surface area contributed by atoms with E-state index in [9.17, 15) is 5.11 Å². The number of phenols is 1. The number of nitrogens with zero attached hydrogens (tertiary/aromatic N) is 4. The third kappa shape index (κ3) is 2.24. The Hall–Kier alpha value is -2.15. The summed E-state index contributed by atoms with van der Waals surface area (Å²) in [5.74, 6) is 0.717. The molecule has 3 aromatic rings. The van der Waals surface area contributed by atoms with Gasteiger partial charge in [-0.3, -0.25) is 4.68 Å². The van der Waals surface area contributed by atoms with Crippen LogP contribution in [0.4, 0.5) is 0 Å². The molecule has 0 fully saturated rings. The van der Waals surface area contributed by atoms with Crippen molar-refractivity contribution >= 4 is 15.9 Å². The van der Waals surface area contributed by atoms with E-state index >= 15 is 0 Å². The van der Waals surface area contributed by atoms with Crippen molar-refractivity contribution in [2.45, 2.75) is 0 Å². The lowest BCUT2D eigenvalue weighted by Crippen LogP contribution is -1.88. The van der Waals surface area contributed by atoms with Crippen LogP contribution in [-0.4, -0.2) is 25.0 Å². The second-order valence-electron chi connectivity index (χ2n) is 3.96. The number of hydrogen-bond donors (Lipinski definition) is 1. The lowest BCUT2D eigenvalue weighted by Gasteiger charge is -1.98. The van der Waals surface area contributed by atoms with Gasteiger partial charge in [-0.1, -0.05) is 21.1 Å². The molecule has 96 valence electrons. The van der Waals surface area contributed by atoms with E-state index in [1.165, 1.54) is 0 Å². The van der Waals surface area contributed by atoms with Gasteiger partial charge in [0.05, 0.1) is 5.56 Å². The fourth-order valence-electron chi connectivity index (χ4n) is 1.66. The van der Waals surface area contributed by atoms with Gasteiger partial charge in [0.25, 0.3) is 5.89 Å². The van der Waals surface area contributed by atoms with E-state index in [1.54, 1.807) is 35.1 Å². The number of hydrogen-bond acceptors (Lipinski definition) is 5. The molecule has 19 heavy (non-hydrogen) atoms. The SMILES string of the molecule is Cn1ccc(-c2noc(-c3ccc(Br)cc3O)n2)n1. The summed E-state index contributed by atoms with van der Waals surface area (Å²) < 4.78 is 7.58. The predicted octanol–water partition coefficient (Wildman–Crippen LogP) is 2.61. The molecule has 1 aromatic carbocycles. The molecule has 0 bridgehead atoms. The zero-order valence-corrected chi connectivity index (χ0v) is 11.5.